The lowest BCUT2D eigenvalue weighted by Crippen LogP contribution is -2.19. The molecule has 0 unspecified atom stereocenters. The molecule has 1 heterocycles. The molecule has 35 heavy (non-hydrogen) atoms. The molecule has 5 nitrogen and oxygen atoms in total. The van der Waals surface area contributed by atoms with Crippen molar-refractivity contribution in [3.63, 3.8) is 0 Å². The van der Waals surface area contributed by atoms with Crippen LogP contribution in [0.5, 0.6) is 0 Å². The minimum Gasteiger partial charge on any atom is -0.392 e. The second kappa shape index (κ2) is 9.99. The largest absolute Gasteiger partial charge is 0.392 e. The van der Waals surface area contributed by atoms with Crippen LogP contribution in [0.25, 0.3) is 23.4 Å². The molecule has 1 aromatic heterocycles. The first-order chi connectivity index (χ1) is 17.1. The molecule has 3 aromatic carbocycles. The molecule has 1 aliphatic rings. The highest BCUT2D eigenvalue weighted by atomic mass is 19.1. The fraction of sp³-hybridized carbons (Fsp3) is 0.138. The van der Waals surface area contributed by atoms with Crippen LogP contribution in [-0.4, -0.2) is 21.0 Å². The third-order valence-corrected chi connectivity index (χ3v) is 6.00. The molecule has 0 fully saturated rings. The van der Waals surface area contributed by atoms with E-state index in [4.69, 9.17) is 9.97 Å². The molecule has 5 rings (SSSR count). The van der Waals surface area contributed by atoms with Crippen molar-refractivity contribution in [1.29, 1.82) is 0 Å². The van der Waals surface area contributed by atoms with Crippen LogP contribution in [0.3, 0.4) is 0 Å². The van der Waals surface area contributed by atoms with E-state index < -0.39 is 0 Å². The maximum Gasteiger partial charge on any atom is 0.230 e. The van der Waals surface area contributed by atoms with Gasteiger partial charge in [-0.05, 0) is 53.3 Å². The first-order valence-corrected chi connectivity index (χ1v) is 11.5. The highest BCUT2D eigenvalue weighted by Crippen LogP contribution is 2.34. The Labute approximate surface area is 203 Å². The second-order valence-corrected chi connectivity index (χ2v) is 8.50. The highest BCUT2D eigenvalue weighted by Gasteiger charge is 2.22. The van der Waals surface area contributed by atoms with Gasteiger partial charge in [0.2, 0.25) is 5.91 Å². The van der Waals surface area contributed by atoms with Crippen LogP contribution < -0.4 is 5.32 Å². The smallest absolute Gasteiger partial charge is 0.230 e. The number of halogens is 1. The van der Waals surface area contributed by atoms with Gasteiger partial charge in [-0.15, -0.1) is 0 Å². The highest BCUT2D eigenvalue weighted by molar-refractivity contribution is 5.93. The summed E-state index contributed by atoms with van der Waals surface area (Å²) in [5.74, 6) is -0.183. The summed E-state index contributed by atoms with van der Waals surface area (Å²) in [4.78, 5) is 22.5. The number of hydrogen-bond donors (Lipinski definition) is 2. The quantitative estimate of drug-likeness (QED) is 0.409. The molecule has 1 amide bonds. The number of aliphatic hydroxyl groups is 1. The van der Waals surface area contributed by atoms with E-state index in [0.717, 1.165) is 40.1 Å². The van der Waals surface area contributed by atoms with E-state index in [1.807, 2.05) is 60.7 Å². The van der Waals surface area contributed by atoms with E-state index in [2.05, 4.69) is 5.32 Å². The van der Waals surface area contributed by atoms with E-state index in [1.165, 1.54) is 12.1 Å². The molecular weight excluding hydrogens is 441 g/mol. The van der Waals surface area contributed by atoms with Crippen LogP contribution in [0, 0.1) is 5.82 Å². The normalized spacial score (nSPS) is 12.3. The number of aromatic nitrogens is 2. The first-order valence-electron chi connectivity index (χ1n) is 11.5. The Bertz CT molecular complexity index is 1400. The zero-order chi connectivity index (χ0) is 24.2. The molecule has 2 N–H and O–H groups in total. The van der Waals surface area contributed by atoms with Crippen molar-refractivity contribution in [3.05, 3.63) is 112 Å². The van der Waals surface area contributed by atoms with Crippen molar-refractivity contribution in [2.45, 2.75) is 25.9 Å². The Hall–Kier alpha value is -4.16. The number of benzene rings is 3. The van der Waals surface area contributed by atoms with Crippen LogP contribution in [0.15, 0.2) is 72.8 Å². The van der Waals surface area contributed by atoms with Crippen molar-refractivity contribution in [1.82, 2.24) is 9.97 Å². The number of nitrogens with one attached hydrogen (secondary N) is 1. The Morgan fingerprint density at radius 2 is 1.71 bits per heavy atom. The number of carbonyl (C=O) groups is 1. The first kappa shape index (κ1) is 22.6. The summed E-state index contributed by atoms with van der Waals surface area (Å²) >= 11 is 0. The van der Waals surface area contributed by atoms with Gasteiger partial charge in [0.15, 0.2) is 5.82 Å². The molecule has 0 atom stereocenters. The number of aryl methyl sites for hydroxylation is 2. The number of anilines is 1. The SMILES string of the molecule is O=C(Cc1ccc(F)cc1)Nc1nc2c(nc1C=Cc1ccccc1)-c1ccc(CO)cc1CC2. The van der Waals surface area contributed by atoms with Crippen LogP contribution in [0.4, 0.5) is 10.2 Å². The Morgan fingerprint density at radius 1 is 0.943 bits per heavy atom. The molecule has 6 heteroatoms. The molecule has 0 saturated heterocycles. The van der Waals surface area contributed by atoms with Crippen LogP contribution in [-0.2, 0) is 30.7 Å². The third kappa shape index (κ3) is 5.18. The standard InChI is InChI=1S/C29H24FN3O2/c30-23-11-6-20(7-12-23)17-27(35)33-29-26(14-9-19-4-2-1-3-5-19)31-28-24-13-8-21(18-34)16-22(24)10-15-25(28)32-29/h1-9,11-14,16,34H,10,15,17-18H2,(H,32,33,35). The van der Waals surface area contributed by atoms with Gasteiger partial charge in [0.05, 0.1) is 24.4 Å². The van der Waals surface area contributed by atoms with E-state index in [9.17, 15) is 14.3 Å². The number of nitrogens with zero attached hydrogens (tertiary/aromatic N) is 2. The van der Waals surface area contributed by atoms with Crippen molar-refractivity contribution in [3.8, 4) is 11.3 Å². The van der Waals surface area contributed by atoms with Crippen molar-refractivity contribution in [2.24, 2.45) is 0 Å². The Balaban J connectivity index is 1.50. The van der Waals surface area contributed by atoms with Gasteiger partial charge >= 0.3 is 0 Å². The van der Waals surface area contributed by atoms with E-state index in [1.54, 1.807) is 12.1 Å². The molecule has 4 aromatic rings. The van der Waals surface area contributed by atoms with Crippen molar-refractivity contribution < 1.29 is 14.3 Å². The number of carbonyl (C=O) groups excluding carboxylic acids is 1. The topological polar surface area (TPSA) is 75.1 Å². The van der Waals surface area contributed by atoms with Gasteiger partial charge in [-0.3, -0.25) is 4.79 Å². The zero-order valence-electron chi connectivity index (χ0n) is 19.0. The summed E-state index contributed by atoms with van der Waals surface area (Å²) in [6.45, 7) is -0.00406. The lowest BCUT2D eigenvalue weighted by atomic mass is 9.90. The summed E-state index contributed by atoms with van der Waals surface area (Å²) in [5.41, 5.74) is 6.88. The van der Waals surface area contributed by atoms with Gasteiger partial charge in [-0.25, -0.2) is 14.4 Å². The van der Waals surface area contributed by atoms with E-state index in [-0.39, 0.29) is 24.8 Å². The Kier molecular flexibility index (Phi) is 6.46. The molecule has 174 valence electrons. The minimum atomic E-state index is -0.338. The van der Waals surface area contributed by atoms with Gasteiger partial charge in [0.1, 0.15) is 11.5 Å². The maximum atomic E-state index is 13.2. The van der Waals surface area contributed by atoms with Crippen LogP contribution in [0.1, 0.15) is 33.6 Å². The molecule has 0 spiro atoms. The Morgan fingerprint density at radius 3 is 2.49 bits per heavy atom. The molecule has 0 aliphatic heterocycles. The fourth-order valence-corrected chi connectivity index (χ4v) is 4.22. The predicted octanol–water partition coefficient (Wildman–Crippen LogP) is 5.23. The number of aliphatic hydroxyl groups excluding tert-OH is 1. The lowest BCUT2D eigenvalue weighted by molar-refractivity contribution is -0.115. The zero-order valence-corrected chi connectivity index (χ0v) is 19.0. The molecule has 0 bridgehead atoms. The number of hydrogen-bond acceptors (Lipinski definition) is 4. The summed E-state index contributed by atoms with van der Waals surface area (Å²) in [7, 11) is 0. The molecule has 0 radical (unpaired) electrons. The molecular formula is C29H24FN3O2. The van der Waals surface area contributed by atoms with Crippen molar-refractivity contribution >= 4 is 23.9 Å². The maximum absolute atomic E-state index is 13.2. The van der Waals surface area contributed by atoms with Gasteiger partial charge in [0.25, 0.3) is 0 Å². The monoisotopic (exact) mass is 465 g/mol. The second-order valence-electron chi connectivity index (χ2n) is 8.50. The van der Waals surface area contributed by atoms with Crippen molar-refractivity contribution in [2.75, 3.05) is 5.32 Å². The van der Waals surface area contributed by atoms with E-state index in [0.29, 0.717) is 23.5 Å². The van der Waals surface area contributed by atoms with Gasteiger partial charge in [0, 0.05) is 5.56 Å². The van der Waals surface area contributed by atoms with Gasteiger partial charge in [-0.1, -0.05) is 66.7 Å². The fourth-order valence-electron chi connectivity index (χ4n) is 4.22. The number of amides is 1. The average Bonchev–Trinajstić information content (AvgIpc) is 2.89. The number of rotatable bonds is 6. The predicted molar refractivity (Wildman–Crippen MR) is 135 cm³/mol. The summed E-state index contributed by atoms with van der Waals surface area (Å²) < 4.78 is 13.2. The van der Waals surface area contributed by atoms with Crippen LogP contribution in [0.2, 0.25) is 0 Å². The average molecular weight is 466 g/mol. The lowest BCUT2D eigenvalue weighted by Gasteiger charge is -2.21. The number of fused-ring (bicyclic) bond motifs is 3. The summed E-state index contributed by atoms with van der Waals surface area (Å²) in [6.07, 6.45) is 5.37. The minimum absolute atomic E-state index is 0.00406. The summed E-state index contributed by atoms with van der Waals surface area (Å²) in [6, 6.07) is 21.6. The third-order valence-electron chi connectivity index (χ3n) is 6.00. The van der Waals surface area contributed by atoms with Gasteiger partial charge < -0.3 is 10.4 Å². The molecule has 1 aliphatic carbocycles. The van der Waals surface area contributed by atoms with Crippen LogP contribution >= 0.6 is 0 Å². The summed E-state index contributed by atoms with van der Waals surface area (Å²) in [5, 5.41) is 12.4. The van der Waals surface area contributed by atoms with Gasteiger partial charge in [-0.2, -0.15) is 0 Å². The molecule has 0 saturated carbocycles. The van der Waals surface area contributed by atoms with E-state index >= 15 is 0 Å².